The van der Waals surface area contributed by atoms with Crippen LogP contribution in [0.25, 0.3) is 10.2 Å². The fourth-order valence-electron chi connectivity index (χ4n) is 3.73. The van der Waals surface area contributed by atoms with E-state index >= 15 is 0 Å². The van der Waals surface area contributed by atoms with Gasteiger partial charge in [-0.25, -0.2) is 4.98 Å². The molecule has 4 rings (SSSR count). The van der Waals surface area contributed by atoms with Crippen LogP contribution in [0.15, 0.2) is 6.07 Å². The van der Waals surface area contributed by atoms with Gasteiger partial charge in [0.1, 0.15) is 9.71 Å². The quantitative estimate of drug-likeness (QED) is 0.874. The highest BCUT2D eigenvalue weighted by Crippen LogP contribution is 2.35. The number of thiophene rings is 1. The first-order valence-electron chi connectivity index (χ1n) is 8.69. The smallest absolute Gasteiger partial charge is 0.263 e. The van der Waals surface area contributed by atoms with E-state index in [2.05, 4.69) is 10.3 Å². The molecule has 0 atom stereocenters. The first-order valence-corrected chi connectivity index (χ1v) is 9.51. The van der Waals surface area contributed by atoms with Gasteiger partial charge in [0.2, 0.25) is 0 Å². The third-order valence-corrected chi connectivity index (χ3v) is 6.18. The van der Waals surface area contributed by atoms with Gasteiger partial charge in [0.25, 0.3) is 5.91 Å². The molecule has 2 aliphatic rings. The molecule has 126 valence electrons. The third-order valence-electron chi connectivity index (χ3n) is 5.06. The Morgan fingerprint density at radius 3 is 2.79 bits per heavy atom. The van der Waals surface area contributed by atoms with E-state index in [9.17, 15) is 9.59 Å². The number of hydrogen-bond acceptors (Lipinski definition) is 5. The number of carbonyl (C=O) groups is 2. The lowest BCUT2D eigenvalue weighted by Gasteiger charge is -2.22. The van der Waals surface area contributed by atoms with Crippen LogP contribution in [0.2, 0.25) is 0 Å². The molecule has 0 aliphatic heterocycles. The van der Waals surface area contributed by atoms with Crippen molar-refractivity contribution in [2.45, 2.75) is 57.4 Å². The van der Waals surface area contributed by atoms with Crippen LogP contribution < -0.4 is 11.1 Å². The monoisotopic (exact) mass is 343 g/mol. The molecule has 2 aromatic rings. The lowest BCUT2D eigenvalue weighted by Crippen LogP contribution is -2.36. The summed E-state index contributed by atoms with van der Waals surface area (Å²) in [6, 6.07) is 2.08. The van der Waals surface area contributed by atoms with Crippen LogP contribution in [0.1, 0.15) is 70.7 Å². The third kappa shape index (κ3) is 2.69. The molecule has 2 aliphatic carbocycles. The van der Waals surface area contributed by atoms with Crippen LogP contribution in [0, 0.1) is 0 Å². The molecule has 1 saturated carbocycles. The molecule has 2 aromatic heterocycles. The van der Waals surface area contributed by atoms with Gasteiger partial charge in [-0.15, -0.1) is 11.3 Å². The number of nitrogens with one attached hydrogen (secondary N) is 1. The summed E-state index contributed by atoms with van der Waals surface area (Å²) in [5.41, 5.74) is 8.20. The Balaban J connectivity index is 1.67. The molecule has 24 heavy (non-hydrogen) atoms. The number of fused-ring (bicyclic) bond motifs is 2. The maximum atomic E-state index is 12.6. The largest absolute Gasteiger partial charge is 0.397 e. The van der Waals surface area contributed by atoms with Gasteiger partial charge in [0.15, 0.2) is 5.78 Å². The Morgan fingerprint density at radius 2 is 2.00 bits per heavy atom. The molecule has 0 saturated heterocycles. The van der Waals surface area contributed by atoms with Gasteiger partial charge in [-0.1, -0.05) is 19.3 Å². The lowest BCUT2D eigenvalue weighted by molar-refractivity contribution is 0.0931. The molecule has 2 heterocycles. The van der Waals surface area contributed by atoms with Crippen molar-refractivity contribution in [3.8, 4) is 0 Å². The van der Waals surface area contributed by atoms with Crippen molar-refractivity contribution < 1.29 is 9.59 Å². The normalized spacial score (nSPS) is 18.6. The number of ketones is 1. The molecule has 0 aromatic carbocycles. The molecular formula is C18H21N3O2S. The number of Topliss-reactive ketones (excluding diaryl/α,β-unsaturated/α-hetero) is 1. The molecule has 0 spiro atoms. The average Bonchev–Trinajstić information content (AvgIpc) is 2.91. The van der Waals surface area contributed by atoms with Crippen molar-refractivity contribution in [3.05, 3.63) is 22.2 Å². The number of aryl methyl sites for hydroxylation is 1. The van der Waals surface area contributed by atoms with Crippen LogP contribution in [-0.4, -0.2) is 22.7 Å². The summed E-state index contributed by atoms with van der Waals surface area (Å²) >= 11 is 1.34. The molecule has 6 heteroatoms. The van der Waals surface area contributed by atoms with Crippen molar-refractivity contribution in [1.29, 1.82) is 0 Å². The minimum atomic E-state index is -0.105. The zero-order valence-corrected chi connectivity index (χ0v) is 14.4. The van der Waals surface area contributed by atoms with E-state index in [1.807, 2.05) is 6.07 Å². The number of anilines is 1. The standard InChI is InChI=1S/C18H21N3O2S/c19-15-12-9-11-13(7-4-8-14(11)22)21-18(12)24-16(15)17(23)20-10-5-2-1-3-6-10/h9-10H,1-8,19H2,(H,20,23). The van der Waals surface area contributed by atoms with E-state index in [0.717, 1.165) is 41.6 Å². The fraction of sp³-hybridized carbons (Fsp3) is 0.500. The topological polar surface area (TPSA) is 85.1 Å². The van der Waals surface area contributed by atoms with Gasteiger partial charge in [0.05, 0.1) is 11.4 Å². The summed E-state index contributed by atoms with van der Waals surface area (Å²) in [4.78, 5) is 30.6. The summed E-state index contributed by atoms with van der Waals surface area (Å²) in [6.07, 6.45) is 7.90. The second-order valence-electron chi connectivity index (χ2n) is 6.77. The minimum absolute atomic E-state index is 0.105. The molecular weight excluding hydrogens is 322 g/mol. The SMILES string of the molecule is Nc1c(C(=O)NC2CCCCC2)sc2nc3c(cc12)C(=O)CCC3. The van der Waals surface area contributed by atoms with Crippen LogP contribution in [-0.2, 0) is 6.42 Å². The number of nitrogen functional groups attached to an aromatic ring is 1. The van der Waals surface area contributed by atoms with Gasteiger partial charge in [-0.3, -0.25) is 9.59 Å². The molecule has 1 amide bonds. The first kappa shape index (κ1) is 15.6. The van der Waals surface area contributed by atoms with Crippen molar-refractivity contribution in [1.82, 2.24) is 10.3 Å². The fourth-order valence-corrected chi connectivity index (χ4v) is 4.73. The highest BCUT2D eigenvalue weighted by Gasteiger charge is 2.25. The van der Waals surface area contributed by atoms with E-state index in [4.69, 9.17) is 5.73 Å². The van der Waals surface area contributed by atoms with Gasteiger partial charge >= 0.3 is 0 Å². The van der Waals surface area contributed by atoms with Crippen molar-refractivity contribution in [2.75, 3.05) is 5.73 Å². The minimum Gasteiger partial charge on any atom is -0.397 e. The summed E-state index contributed by atoms with van der Waals surface area (Å²) in [7, 11) is 0. The van der Waals surface area contributed by atoms with E-state index in [0.29, 0.717) is 22.5 Å². The number of amides is 1. The summed E-state index contributed by atoms with van der Waals surface area (Å²) in [5, 5.41) is 3.85. The molecule has 5 nitrogen and oxygen atoms in total. The van der Waals surface area contributed by atoms with Crippen LogP contribution >= 0.6 is 11.3 Å². The van der Waals surface area contributed by atoms with Crippen molar-refractivity contribution >= 4 is 38.9 Å². The predicted octanol–water partition coefficient (Wildman–Crippen LogP) is 3.46. The zero-order valence-electron chi connectivity index (χ0n) is 13.6. The van der Waals surface area contributed by atoms with Gasteiger partial charge in [-0.2, -0.15) is 0 Å². The number of carbonyl (C=O) groups excluding carboxylic acids is 2. The van der Waals surface area contributed by atoms with Crippen LogP contribution in [0.3, 0.4) is 0 Å². The summed E-state index contributed by atoms with van der Waals surface area (Å²) in [6.45, 7) is 0. The summed E-state index contributed by atoms with van der Waals surface area (Å²) < 4.78 is 0. The van der Waals surface area contributed by atoms with E-state index in [1.54, 1.807) is 0 Å². The second-order valence-corrected chi connectivity index (χ2v) is 7.76. The molecule has 0 bridgehead atoms. The van der Waals surface area contributed by atoms with E-state index < -0.39 is 0 Å². The van der Waals surface area contributed by atoms with Crippen molar-refractivity contribution in [2.24, 2.45) is 0 Å². The van der Waals surface area contributed by atoms with Crippen molar-refractivity contribution in [3.63, 3.8) is 0 Å². The molecule has 1 fully saturated rings. The number of nitrogens with zero attached hydrogens (tertiary/aromatic N) is 1. The Kier molecular flexibility index (Phi) is 4.00. The summed E-state index contributed by atoms with van der Waals surface area (Å²) in [5.74, 6) is 0.0242. The highest BCUT2D eigenvalue weighted by molar-refractivity contribution is 7.21. The Bertz CT molecular complexity index is 821. The van der Waals surface area contributed by atoms with Crippen LogP contribution in [0.5, 0.6) is 0 Å². The first-order chi connectivity index (χ1) is 11.6. The molecule has 0 unspecified atom stereocenters. The Labute approximate surface area is 144 Å². The number of nitrogens with two attached hydrogens (primary N) is 1. The van der Waals surface area contributed by atoms with Gasteiger partial charge in [0, 0.05) is 23.4 Å². The number of rotatable bonds is 2. The van der Waals surface area contributed by atoms with Crippen LogP contribution in [0.4, 0.5) is 5.69 Å². The highest BCUT2D eigenvalue weighted by atomic mass is 32.1. The lowest BCUT2D eigenvalue weighted by atomic mass is 9.94. The molecule has 0 radical (unpaired) electrons. The number of pyridine rings is 1. The predicted molar refractivity (Wildman–Crippen MR) is 95.6 cm³/mol. The van der Waals surface area contributed by atoms with E-state index in [1.165, 1.54) is 30.6 Å². The Hall–Kier alpha value is -1.95. The number of aromatic nitrogens is 1. The zero-order chi connectivity index (χ0) is 16.7. The molecule has 3 N–H and O–H groups in total. The number of hydrogen-bond donors (Lipinski definition) is 2. The maximum absolute atomic E-state index is 12.6. The van der Waals surface area contributed by atoms with E-state index in [-0.39, 0.29) is 17.7 Å². The Morgan fingerprint density at radius 1 is 1.21 bits per heavy atom. The van der Waals surface area contributed by atoms with Gasteiger partial charge in [-0.05, 0) is 31.7 Å². The van der Waals surface area contributed by atoms with Gasteiger partial charge < -0.3 is 11.1 Å². The average molecular weight is 343 g/mol. The second kappa shape index (κ2) is 6.16. The maximum Gasteiger partial charge on any atom is 0.263 e.